The monoisotopic (exact) mass is 352 g/mol. The van der Waals surface area contributed by atoms with E-state index < -0.39 is 0 Å². The van der Waals surface area contributed by atoms with E-state index in [1.54, 1.807) is 0 Å². The van der Waals surface area contributed by atoms with E-state index in [2.05, 4.69) is 29.6 Å². The smallest absolute Gasteiger partial charge is 0.223 e. The molecule has 1 aliphatic carbocycles. The summed E-state index contributed by atoms with van der Waals surface area (Å²) >= 11 is 0. The van der Waals surface area contributed by atoms with Crippen molar-refractivity contribution < 1.29 is 9.53 Å². The molecule has 26 heavy (non-hydrogen) atoms. The van der Waals surface area contributed by atoms with E-state index in [0.29, 0.717) is 32.2 Å². The lowest BCUT2D eigenvalue weighted by Crippen LogP contribution is -2.34. The minimum atomic E-state index is 0.0809. The molecule has 1 aliphatic rings. The highest BCUT2D eigenvalue weighted by Gasteiger charge is 2.31. The predicted molar refractivity (Wildman–Crippen MR) is 103 cm³/mol. The Morgan fingerprint density at radius 2 is 1.73 bits per heavy atom. The number of nitrogens with two attached hydrogens (primary N) is 1. The molecule has 0 saturated heterocycles. The summed E-state index contributed by atoms with van der Waals surface area (Å²) in [6, 6.07) is 18.4. The SMILES string of the molecule is NC[C@H]1CCC[C@H]1C(=O)NCc1cccc(COCc2ccccc2)c1. The fourth-order valence-corrected chi connectivity index (χ4v) is 3.67. The lowest BCUT2D eigenvalue weighted by Gasteiger charge is -2.17. The molecule has 0 aromatic heterocycles. The summed E-state index contributed by atoms with van der Waals surface area (Å²) in [5.74, 6) is 0.564. The average molecular weight is 352 g/mol. The van der Waals surface area contributed by atoms with Gasteiger partial charge >= 0.3 is 0 Å². The Hall–Kier alpha value is -2.17. The molecule has 0 radical (unpaired) electrons. The summed E-state index contributed by atoms with van der Waals surface area (Å²) in [5.41, 5.74) is 9.17. The maximum absolute atomic E-state index is 12.4. The Labute approximate surface area is 155 Å². The van der Waals surface area contributed by atoms with Gasteiger partial charge in [0.05, 0.1) is 13.2 Å². The number of benzene rings is 2. The molecular weight excluding hydrogens is 324 g/mol. The van der Waals surface area contributed by atoms with Gasteiger partial charge in [-0.1, -0.05) is 61.0 Å². The molecule has 1 saturated carbocycles. The number of nitrogens with one attached hydrogen (secondary N) is 1. The maximum Gasteiger partial charge on any atom is 0.223 e. The number of ether oxygens (including phenoxy) is 1. The number of carbonyl (C=O) groups excluding carboxylic acids is 1. The highest BCUT2D eigenvalue weighted by Crippen LogP contribution is 2.31. The number of rotatable bonds is 8. The Balaban J connectivity index is 1.47. The lowest BCUT2D eigenvalue weighted by atomic mass is 9.95. The third kappa shape index (κ3) is 5.16. The molecule has 0 heterocycles. The highest BCUT2D eigenvalue weighted by atomic mass is 16.5. The van der Waals surface area contributed by atoms with E-state index in [1.165, 1.54) is 5.56 Å². The summed E-state index contributed by atoms with van der Waals surface area (Å²) in [6.45, 7) is 2.32. The van der Waals surface area contributed by atoms with Crippen LogP contribution < -0.4 is 11.1 Å². The zero-order valence-electron chi connectivity index (χ0n) is 15.2. The Morgan fingerprint density at radius 1 is 1.00 bits per heavy atom. The van der Waals surface area contributed by atoms with Crippen molar-refractivity contribution in [2.75, 3.05) is 6.54 Å². The van der Waals surface area contributed by atoms with Crippen LogP contribution in [0.4, 0.5) is 0 Å². The van der Waals surface area contributed by atoms with Gasteiger partial charge in [0.1, 0.15) is 0 Å². The van der Waals surface area contributed by atoms with Crippen LogP contribution in [0, 0.1) is 11.8 Å². The average Bonchev–Trinajstić information content (AvgIpc) is 3.16. The van der Waals surface area contributed by atoms with Gasteiger partial charge in [-0.05, 0) is 42.0 Å². The summed E-state index contributed by atoms with van der Waals surface area (Å²) in [5, 5.41) is 3.08. The second-order valence-corrected chi connectivity index (χ2v) is 7.05. The maximum atomic E-state index is 12.4. The van der Waals surface area contributed by atoms with Gasteiger partial charge < -0.3 is 15.8 Å². The molecule has 2 atom stereocenters. The molecule has 138 valence electrons. The summed E-state index contributed by atoms with van der Waals surface area (Å²) < 4.78 is 5.80. The molecule has 3 N–H and O–H groups in total. The molecule has 2 aromatic carbocycles. The van der Waals surface area contributed by atoms with Crippen LogP contribution in [0.2, 0.25) is 0 Å². The molecular formula is C22H28N2O2. The Morgan fingerprint density at radius 3 is 2.54 bits per heavy atom. The third-order valence-electron chi connectivity index (χ3n) is 5.14. The Kier molecular flexibility index (Phi) is 6.81. The zero-order chi connectivity index (χ0) is 18.2. The normalized spacial score (nSPS) is 19.4. The van der Waals surface area contributed by atoms with Crippen molar-refractivity contribution in [3.63, 3.8) is 0 Å². The molecule has 0 bridgehead atoms. The van der Waals surface area contributed by atoms with Crippen LogP contribution >= 0.6 is 0 Å². The first kappa shape index (κ1) is 18.6. The number of hydrogen-bond donors (Lipinski definition) is 2. The van der Waals surface area contributed by atoms with Crippen molar-refractivity contribution in [3.8, 4) is 0 Å². The van der Waals surface area contributed by atoms with E-state index in [0.717, 1.165) is 30.4 Å². The topological polar surface area (TPSA) is 64.4 Å². The number of hydrogen-bond acceptors (Lipinski definition) is 3. The molecule has 3 rings (SSSR count). The van der Waals surface area contributed by atoms with Crippen molar-refractivity contribution in [1.29, 1.82) is 0 Å². The van der Waals surface area contributed by atoms with Gasteiger partial charge in [-0.15, -0.1) is 0 Å². The van der Waals surface area contributed by atoms with Crippen molar-refractivity contribution in [1.82, 2.24) is 5.32 Å². The van der Waals surface area contributed by atoms with Crippen molar-refractivity contribution >= 4 is 5.91 Å². The molecule has 0 unspecified atom stereocenters. The van der Waals surface area contributed by atoms with Gasteiger partial charge in [0.15, 0.2) is 0 Å². The van der Waals surface area contributed by atoms with E-state index in [9.17, 15) is 4.79 Å². The van der Waals surface area contributed by atoms with Gasteiger partial charge in [-0.25, -0.2) is 0 Å². The number of carbonyl (C=O) groups is 1. The van der Waals surface area contributed by atoms with E-state index in [4.69, 9.17) is 10.5 Å². The minimum absolute atomic E-state index is 0.0809. The van der Waals surface area contributed by atoms with E-state index in [1.807, 2.05) is 30.3 Å². The molecule has 0 aliphatic heterocycles. The van der Waals surface area contributed by atoms with Gasteiger partial charge in [-0.2, -0.15) is 0 Å². The van der Waals surface area contributed by atoms with Crippen LogP contribution in [0.3, 0.4) is 0 Å². The molecule has 4 nitrogen and oxygen atoms in total. The van der Waals surface area contributed by atoms with Crippen LogP contribution in [-0.2, 0) is 29.3 Å². The van der Waals surface area contributed by atoms with Crippen molar-refractivity contribution in [3.05, 3.63) is 71.3 Å². The third-order valence-corrected chi connectivity index (χ3v) is 5.14. The molecule has 2 aromatic rings. The quantitative estimate of drug-likeness (QED) is 0.765. The Bertz CT molecular complexity index is 702. The molecule has 4 heteroatoms. The standard InChI is InChI=1S/C22H28N2O2/c23-13-20-10-5-11-21(20)22(25)24-14-18-8-4-9-19(12-18)16-26-15-17-6-2-1-3-7-17/h1-4,6-9,12,20-21H,5,10-11,13-16,23H2,(H,24,25)/t20-,21-/m1/s1. The second kappa shape index (κ2) is 9.51. The van der Waals surface area contributed by atoms with Gasteiger partial charge in [0.25, 0.3) is 0 Å². The molecule has 0 spiro atoms. The van der Waals surface area contributed by atoms with Crippen LogP contribution in [-0.4, -0.2) is 12.5 Å². The second-order valence-electron chi connectivity index (χ2n) is 7.05. The summed E-state index contributed by atoms with van der Waals surface area (Å²) in [4.78, 5) is 12.4. The summed E-state index contributed by atoms with van der Waals surface area (Å²) in [6.07, 6.45) is 3.14. The zero-order valence-corrected chi connectivity index (χ0v) is 15.2. The van der Waals surface area contributed by atoms with Crippen molar-refractivity contribution in [2.45, 2.75) is 39.0 Å². The van der Waals surface area contributed by atoms with Crippen LogP contribution in [0.15, 0.2) is 54.6 Å². The van der Waals surface area contributed by atoms with Crippen LogP contribution in [0.5, 0.6) is 0 Å². The first-order valence-corrected chi connectivity index (χ1v) is 9.43. The fraction of sp³-hybridized carbons (Fsp3) is 0.409. The largest absolute Gasteiger partial charge is 0.372 e. The molecule has 1 amide bonds. The minimum Gasteiger partial charge on any atom is -0.372 e. The van der Waals surface area contributed by atoms with Crippen molar-refractivity contribution in [2.24, 2.45) is 17.6 Å². The van der Waals surface area contributed by atoms with Gasteiger partial charge in [0.2, 0.25) is 5.91 Å². The summed E-state index contributed by atoms with van der Waals surface area (Å²) in [7, 11) is 0. The molecule has 1 fully saturated rings. The first-order chi connectivity index (χ1) is 12.8. The van der Waals surface area contributed by atoms with E-state index in [-0.39, 0.29) is 11.8 Å². The van der Waals surface area contributed by atoms with Gasteiger partial charge in [0, 0.05) is 12.5 Å². The highest BCUT2D eigenvalue weighted by molar-refractivity contribution is 5.79. The van der Waals surface area contributed by atoms with Crippen LogP contribution in [0.25, 0.3) is 0 Å². The predicted octanol–water partition coefficient (Wildman–Crippen LogP) is 3.39. The first-order valence-electron chi connectivity index (χ1n) is 9.43. The number of amides is 1. The van der Waals surface area contributed by atoms with Crippen LogP contribution in [0.1, 0.15) is 36.0 Å². The fourth-order valence-electron chi connectivity index (χ4n) is 3.67. The van der Waals surface area contributed by atoms with E-state index >= 15 is 0 Å². The van der Waals surface area contributed by atoms with Gasteiger partial charge in [-0.3, -0.25) is 4.79 Å². The lowest BCUT2D eigenvalue weighted by molar-refractivity contribution is -0.126.